The van der Waals surface area contributed by atoms with E-state index in [-0.39, 0.29) is 46.2 Å². The van der Waals surface area contributed by atoms with Crippen molar-refractivity contribution in [1.82, 2.24) is 0 Å². The molecule has 1 unspecified atom stereocenters. The van der Waals surface area contributed by atoms with E-state index < -0.39 is 48.1 Å². The number of phenols is 1. The van der Waals surface area contributed by atoms with Crippen LogP contribution in [0.5, 0.6) is 17.2 Å². The minimum absolute atomic E-state index is 0.00553. The standard InChI is InChI=1S/C37H43Cl2NO8.Cl2O2S/c1-8-9-18-47-22-12-10-21(11-13-22)32(42)31(39)34(44)40-28-19-23(14-16-27(28)38)48-29(41)17-15-24-25(35(45)46)20-26(36(2,3)4)33(43)30(24)37(5,6)7;1-5(2,3)4/h10-14,16,19-20,31,43H,8-9,15,17-18H2,1-7H3,(H,40,44)(H,45,46);. The van der Waals surface area contributed by atoms with E-state index in [9.17, 15) is 29.4 Å². The fourth-order valence-corrected chi connectivity index (χ4v) is 5.47. The molecule has 53 heavy (non-hydrogen) atoms. The van der Waals surface area contributed by atoms with Gasteiger partial charge < -0.3 is 25.0 Å². The van der Waals surface area contributed by atoms with Gasteiger partial charge in [0.25, 0.3) is 0 Å². The van der Waals surface area contributed by atoms with Gasteiger partial charge in [-0.2, -0.15) is 8.42 Å². The van der Waals surface area contributed by atoms with Gasteiger partial charge in [-0.15, -0.1) is 11.6 Å². The molecule has 0 spiro atoms. The second kappa shape index (κ2) is 19.2. The van der Waals surface area contributed by atoms with Gasteiger partial charge in [-0.1, -0.05) is 66.5 Å². The number of hydrogen-bond acceptors (Lipinski definition) is 9. The Hall–Kier alpha value is -3.55. The number of ether oxygens (including phenoxy) is 2. The summed E-state index contributed by atoms with van der Waals surface area (Å²) in [5.41, 5.74) is 0.437. The molecule has 0 heterocycles. The van der Waals surface area contributed by atoms with Crippen molar-refractivity contribution in [2.24, 2.45) is 0 Å². The van der Waals surface area contributed by atoms with Crippen LogP contribution < -0.4 is 14.8 Å². The van der Waals surface area contributed by atoms with Gasteiger partial charge in [-0.25, -0.2) is 4.79 Å². The van der Waals surface area contributed by atoms with Gasteiger partial charge in [-0.3, -0.25) is 14.4 Å². The molecule has 0 aliphatic carbocycles. The SMILES string of the molecule is CCCCOc1ccc(C(=O)C(Cl)C(=O)Nc2cc(OC(=O)CCc3c(C(=O)O)cc(C(C)(C)C)c(O)c3C(C)(C)C)ccc2Cl)cc1.O=S(=O)(Cl)Cl. The number of unbranched alkanes of at least 4 members (excludes halogenated alkanes) is 1. The number of aromatic carboxylic acids is 1. The average molecular weight is 836 g/mol. The molecule has 0 saturated carbocycles. The van der Waals surface area contributed by atoms with E-state index >= 15 is 0 Å². The number of aromatic hydroxyl groups is 1. The maximum Gasteiger partial charge on any atom is 0.335 e. The number of esters is 1. The van der Waals surface area contributed by atoms with Crippen molar-refractivity contribution >= 4 is 82.1 Å². The maximum absolute atomic E-state index is 13.0. The van der Waals surface area contributed by atoms with Gasteiger partial charge in [0.05, 0.1) is 29.3 Å². The highest BCUT2D eigenvalue weighted by Crippen LogP contribution is 2.43. The molecule has 1 amide bonds. The van der Waals surface area contributed by atoms with Crippen LogP contribution >= 0.6 is 44.6 Å². The number of rotatable bonds is 13. The molecule has 3 aromatic carbocycles. The van der Waals surface area contributed by atoms with Crippen molar-refractivity contribution in [2.75, 3.05) is 11.9 Å². The highest BCUT2D eigenvalue weighted by molar-refractivity contribution is 8.31. The second-order valence-electron chi connectivity index (χ2n) is 13.9. The first kappa shape index (κ1) is 45.6. The Morgan fingerprint density at radius 1 is 0.906 bits per heavy atom. The van der Waals surface area contributed by atoms with Crippen LogP contribution in [-0.2, 0) is 35.1 Å². The number of Topliss-reactive ketones (excluding diaryl/α,β-unsaturated/α-hetero) is 1. The smallest absolute Gasteiger partial charge is 0.335 e. The predicted molar refractivity (Wildman–Crippen MR) is 208 cm³/mol. The Morgan fingerprint density at radius 2 is 1.47 bits per heavy atom. The molecular weight excluding hydrogens is 792 g/mol. The molecule has 3 rings (SSSR count). The van der Waals surface area contributed by atoms with E-state index in [4.69, 9.17) is 41.1 Å². The normalized spacial score (nSPS) is 12.2. The van der Waals surface area contributed by atoms with E-state index in [1.807, 2.05) is 41.5 Å². The largest absolute Gasteiger partial charge is 0.507 e. The van der Waals surface area contributed by atoms with Gasteiger partial charge in [0.15, 0.2) is 11.2 Å². The first-order valence-electron chi connectivity index (χ1n) is 16.3. The van der Waals surface area contributed by atoms with E-state index in [1.165, 1.54) is 36.4 Å². The van der Waals surface area contributed by atoms with Crippen molar-refractivity contribution in [3.63, 3.8) is 0 Å². The molecule has 3 aromatic rings. The number of anilines is 1. The van der Waals surface area contributed by atoms with Gasteiger partial charge in [0, 0.05) is 44.1 Å². The Bertz CT molecular complexity index is 1910. The fourth-order valence-electron chi connectivity index (χ4n) is 5.13. The summed E-state index contributed by atoms with van der Waals surface area (Å²) in [6.45, 7) is 13.9. The van der Waals surface area contributed by atoms with Crippen LogP contribution in [0.4, 0.5) is 5.69 Å². The van der Waals surface area contributed by atoms with Crippen molar-refractivity contribution in [3.05, 3.63) is 81.4 Å². The van der Waals surface area contributed by atoms with Crippen LogP contribution in [0.25, 0.3) is 0 Å². The molecule has 1 atom stereocenters. The van der Waals surface area contributed by atoms with Gasteiger partial charge in [0.1, 0.15) is 17.2 Å². The van der Waals surface area contributed by atoms with E-state index in [0.29, 0.717) is 29.0 Å². The van der Waals surface area contributed by atoms with Crippen LogP contribution in [0, 0.1) is 0 Å². The molecule has 0 aromatic heterocycles. The zero-order valence-corrected chi connectivity index (χ0v) is 34.2. The van der Waals surface area contributed by atoms with Crippen molar-refractivity contribution < 1.29 is 47.3 Å². The summed E-state index contributed by atoms with van der Waals surface area (Å²) in [6.07, 6.45) is 1.67. The van der Waals surface area contributed by atoms with Gasteiger partial charge in [-0.05, 0) is 71.7 Å². The van der Waals surface area contributed by atoms with Crippen molar-refractivity contribution in [3.8, 4) is 17.2 Å². The molecule has 0 saturated heterocycles. The zero-order valence-electron chi connectivity index (χ0n) is 30.3. The summed E-state index contributed by atoms with van der Waals surface area (Å²) in [5, 5.41) is 22.4. The van der Waals surface area contributed by atoms with Crippen LogP contribution in [0.3, 0.4) is 0 Å². The lowest BCUT2D eigenvalue weighted by Gasteiger charge is -2.30. The molecule has 16 heteroatoms. The van der Waals surface area contributed by atoms with Crippen molar-refractivity contribution in [1.29, 1.82) is 0 Å². The number of alkyl halides is 1. The number of carboxylic acids is 1. The van der Waals surface area contributed by atoms with Crippen LogP contribution in [0.2, 0.25) is 5.02 Å². The summed E-state index contributed by atoms with van der Waals surface area (Å²) < 4.78 is 29.4. The second-order valence-corrected chi connectivity index (χ2v) is 18.4. The monoisotopic (exact) mass is 833 g/mol. The number of nitrogens with one attached hydrogen (secondary N) is 1. The zero-order chi connectivity index (χ0) is 40.5. The number of carboxylic acid groups (broad SMARTS) is 1. The van der Waals surface area contributed by atoms with Crippen LogP contribution in [0.15, 0.2) is 48.5 Å². The quantitative estimate of drug-likeness (QED) is 0.0287. The van der Waals surface area contributed by atoms with Crippen molar-refractivity contribution in [2.45, 2.75) is 90.4 Å². The molecule has 0 fully saturated rings. The molecule has 0 bridgehead atoms. The van der Waals surface area contributed by atoms with Crippen LogP contribution in [0.1, 0.15) is 105 Å². The Morgan fingerprint density at radius 3 is 1.98 bits per heavy atom. The molecule has 0 radical (unpaired) electrons. The number of benzene rings is 3. The minimum Gasteiger partial charge on any atom is -0.507 e. The summed E-state index contributed by atoms with van der Waals surface area (Å²) in [5.74, 6) is -2.64. The molecule has 3 N–H and O–H groups in total. The number of carbonyl (C=O) groups is 4. The van der Waals surface area contributed by atoms with Gasteiger partial charge in [0.2, 0.25) is 5.91 Å². The molecule has 0 aliphatic heterocycles. The molecule has 290 valence electrons. The fraction of sp³-hybridized carbons (Fsp3) is 0.405. The highest BCUT2D eigenvalue weighted by atomic mass is 36.0. The average Bonchev–Trinajstić information content (AvgIpc) is 3.02. The van der Waals surface area contributed by atoms with E-state index in [0.717, 1.165) is 12.8 Å². The van der Waals surface area contributed by atoms with Gasteiger partial charge >= 0.3 is 20.2 Å². The molecule has 0 aliphatic rings. The molecular formula is C37H43Cl4NO10S. The Balaban J connectivity index is 0.00000181. The third-order valence-electron chi connectivity index (χ3n) is 7.57. The summed E-state index contributed by atoms with van der Waals surface area (Å²) in [6, 6.07) is 12.0. The number of ketones is 1. The lowest BCUT2D eigenvalue weighted by atomic mass is 9.75. The predicted octanol–water partition coefficient (Wildman–Crippen LogP) is 9.19. The number of phenolic OH excluding ortho intramolecular Hbond substituents is 1. The minimum atomic E-state index is -3.72. The van der Waals surface area contributed by atoms with Crippen LogP contribution in [-0.4, -0.2) is 54.2 Å². The number of halogens is 4. The number of amides is 1. The number of carbonyl (C=O) groups excluding carboxylic acids is 3. The Kier molecular flexibility index (Phi) is 16.5. The summed E-state index contributed by atoms with van der Waals surface area (Å²) >= 11 is 12.5. The summed E-state index contributed by atoms with van der Waals surface area (Å²) in [7, 11) is 4.81. The summed E-state index contributed by atoms with van der Waals surface area (Å²) in [4.78, 5) is 51.1. The van der Waals surface area contributed by atoms with E-state index in [2.05, 4.69) is 33.6 Å². The lowest BCUT2D eigenvalue weighted by Crippen LogP contribution is -2.30. The Labute approximate surface area is 328 Å². The first-order chi connectivity index (χ1) is 24.3. The highest BCUT2D eigenvalue weighted by Gasteiger charge is 2.32. The van der Waals surface area contributed by atoms with E-state index in [1.54, 1.807) is 12.1 Å². The third-order valence-corrected chi connectivity index (χ3v) is 8.29. The third kappa shape index (κ3) is 14.3. The number of hydrogen-bond donors (Lipinski definition) is 3. The molecule has 11 nitrogen and oxygen atoms in total. The topological polar surface area (TPSA) is 173 Å². The lowest BCUT2D eigenvalue weighted by molar-refractivity contribution is -0.134. The first-order valence-corrected chi connectivity index (χ1v) is 20.3. The maximum atomic E-state index is 13.0.